The maximum absolute atomic E-state index is 13.4. The number of hydrogen-bond acceptors (Lipinski definition) is 9. The predicted molar refractivity (Wildman–Crippen MR) is 116 cm³/mol. The minimum Gasteiger partial charge on any atom is -0.511 e. The van der Waals surface area contributed by atoms with Gasteiger partial charge in [0.1, 0.15) is 17.3 Å². The number of aromatic nitrogens is 1. The van der Waals surface area contributed by atoms with Gasteiger partial charge in [0.15, 0.2) is 17.3 Å². The van der Waals surface area contributed by atoms with Gasteiger partial charge in [0.25, 0.3) is 5.91 Å². The summed E-state index contributed by atoms with van der Waals surface area (Å²) < 4.78 is 4.86. The number of aliphatic hydroxyl groups is 2. The Labute approximate surface area is 192 Å². The molecule has 3 aliphatic carbocycles. The number of fused-ring (bicyclic) bond motifs is 3. The van der Waals surface area contributed by atoms with Gasteiger partial charge in [-0.25, -0.2) is 0 Å². The van der Waals surface area contributed by atoms with Crippen molar-refractivity contribution in [3.05, 3.63) is 58.2 Å². The fourth-order valence-electron chi connectivity index (χ4n) is 5.39. The second-order valence-electron chi connectivity index (χ2n) is 8.76. The Morgan fingerprint density at radius 2 is 1.88 bits per heavy atom. The van der Waals surface area contributed by atoms with Crippen LogP contribution in [0.4, 0.5) is 5.69 Å². The number of nitrogens with zero attached hydrogens (tertiary/aromatic N) is 1. The number of rotatable bonds is 3. The van der Waals surface area contributed by atoms with Gasteiger partial charge in [-0.05, 0) is 49.3 Å². The predicted octanol–water partition coefficient (Wildman–Crippen LogP) is 2.65. The number of amides is 1. The van der Waals surface area contributed by atoms with Gasteiger partial charge < -0.3 is 25.2 Å². The molecule has 0 aliphatic heterocycles. The number of allylic oxidation sites excluding steroid dienone is 3. The minimum absolute atomic E-state index is 0.00978. The molecular weight excluding hydrogens is 444 g/mol. The molecule has 1 amide bonds. The topological polar surface area (TPSA) is 167 Å². The average molecular weight is 464 g/mol. The summed E-state index contributed by atoms with van der Waals surface area (Å²) in [6.07, 6.45) is 1.74. The van der Waals surface area contributed by atoms with Crippen LogP contribution >= 0.6 is 0 Å². The molecule has 10 heteroatoms. The summed E-state index contributed by atoms with van der Waals surface area (Å²) in [6, 6.07) is 4.14. The van der Waals surface area contributed by atoms with E-state index >= 15 is 0 Å². The van der Waals surface area contributed by atoms with Crippen LogP contribution in [0.1, 0.15) is 41.4 Å². The van der Waals surface area contributed by atoms with Gasteiger partial charge in [0.2, 0.25) is 5.76 Å². The van der Waals surface area contributed by atoms with Crippen LogP contribution in [-0.2, 0) is 20.8 Å². The van der Waals surface area contributed by atoms with Crippen molar-refractivity contribution in [3.8, 4) is 5.75 Å². The lowest BCUT2D eigenvalue weighted by Gasteiger charge is -2.41. The van der Waals surface area contributed by atoms with Crippen LogP contribution in [0.3, 0.4) is 0 Å². The highest BCUT2D eigenvalue weighted by Crippen LogP contribution is 2.51. The SMILES string of the molecule is CC(=O)C1=C(O)C2C(=O)C3=C(O)c4c(O)ccc(NC(=O)c5ccno5)c4CC3CC2CC1=O. The second-order valence-corrected chi connectivity index (χ2v) is 8.76. The van der Waals surface area contributed by atoms with Gasteiger partial charge in [-0.3, -0.25) is 19.2 Å². The molecule has 1 aromatic heterocycles. The lowest BCUT2D eigenvalue weighted by molar-refractivity contribution is -0.127. The van der Waals surface area contributed by atoms with Gasteiger partial charge in [-0.1, -0.05) is 5.16 Å². The Morgan fingerprint density at radius 3 is 2.56 bits per heavy atom. The fraction of sp³-hybridized carbons (Fsp3) is 0.292. The molecule has 34 heavy (non-hydrogen) atoms. The number of hydrogen-bond donors (Lipinski definition) is 4. The van der Waals surface area contributed by atoms with Crippen LogP contribution < -0.4 is 5.32 Å². The molecule has 0 spiro atoms. The lowest BCUT2D eigenvalue weighted by atomic mass is 9.61. The maximum Gasteiger partial charge on any atom is 0.294 e. The number of carbonyl (C=O) groups is 4. The Morgan fingerprint density at radius 1 is 1.12 bits per heavy atom. The van der Waals surface area contributed by atoms with Gasteiger partial charge in [-0.2, -0.15) is 0 Å². The summed E-state index contributed by atoms with van der Waals surface area (Å²) in [5.41, 5.74) is 0.416. The number of aromatic hydroxyl groups is 1. The lowest BCUT2D eigenvalue weighted by Crippen LogP contribution is -2.43. The number of carbonyl (C=O) groups excluding carboxylic acids is 4. The molecule has 3 aliphatic rings. The molecule has 4 N–H and O–H groups in total. The third kappa shape index (κ3) is 3.13. The van der Waals surface area contributed by atoms with E-state index < -0.39 is 52.5 Å². The third-order valence-corrected chi connectivity index (χ3v) is 6.79. The first-order chi connectivity index (χ1) is 16.2. The van der Waals surface area contributed by atoms with E-state index in [1.165, 1.54) is 24.4 Å². The van der Waals surface area contributed by atoms with Crippen LogP contribution in [0.25, 0.3) is 5.76 Å². The average Bonchev–Trinajstić information content (AvgIpc) is 3.30. The van der Waals surface area contributed by atoms with E-state index in [2.05, 4.69) is 10.5 Å². The van der Waals surface area contributed by atoms with Gasteiger partial charge in [0, 0.05) is 23.7 Å². The maximum atomic E-state index is 13.4. The standard InChI is InChI=1S/C24H20N2O8/c1-9(27)17-15(29)8-11-6-10-7-12-13(26-24(33)16-4-5-25-34-16)2-3-14(28)20(12)23(32)18(10)22(31)19(11)21(17)30/h2-5,10-11,19,28,30,32H,6-8H2,1H3,(H,26,33). The monoisotopic (exact) mass is 464 g/mol. The molecule has 3 atom stereocenters. The number of phenolic OH excluding ortho intramolecular Hbond substituents is 1. The number of aliphatic hydroxyl groups excluding tert-OH is 2. The van der Waals surface area contributed by atoms with E-state index in [9.17, 15) is 34.5 Å². The summed E-state index contributed by atoms with van der Waals surface area (Å²) in [5, 5.41) is 38.4. The fourth-order valence-corrected chi connectivity index (χ4v) is 5.39. The van der Waals surface area contributed by atoms with Crippen LogP contribution in [0.15, 0.2) is 45.8 Å². The van der Waals surface area contributed by atoms with Crippen LogP contribution in [-0.4, -0.2) is 43.7 Å². The number of Topliss-reactive ketones (excluding diaryl/α,β-unsaturated/α-hetero) is 3. The Hall–Kier alpha value is -4.21. The van der Waals surface area contributed by atoms with Gasteiger partial charge in [-0.15, -0.1) is 0 Å². The summed E-state index contributed by atoms with van der Waals surface area (Å²) >= 11 is 0. The van der Waals surface area contributed by atoms with Crippen molar-refractivity contribution in [2.24, 2.45) is 17.8 Å². The Balaban J connectivity index is 1.59. The second kappa shape index (κ2) is 7.68. The zero-order valence-electron chi connectivity index (χ0n) is 18.0. The first-order valence-corrected chi connectivity index (χ1v) is 10.7. The van der Waals surface area contributed by atoms with E-state index in [0.29, 0.717) is 17.7 Å². The molecule has 0 radical (unpaired) electrons. The number of benzene rings is 1. The number of anilines is 1. The van der Waals surface area contributed by atoms with Crippen molar-refractivity contribution in [1.29, 1.82) is 0 Å². The number of phenols is 1. The molecule has 1 aromatic carbocycles. The molecule has 174 valence electrons. The number of ketones is 3. The summed E-state index contributed by atoms with van der Waals surface area (Å²) in [7, 11) is 0. The third-order valence-electron chi connectivity index (χ3n) is 6.79. The Kier molecular flexibility index (Phi) is 4.89. The molecule has 1 heterocycles. The molecule has 0 saturated heterocycles. The van der Waals surface area contributed by atoms with Crippen molar-refractivity contribution in [1.82, 2.24) is 5.16 Å². The molecule has 2 aromatic rings. The largest absolute Gasteiger partial charge is 0.511 e. The van der Waals surface area contributed by atoms with Crippen molar-refractivity contribution in [3.63, 3.8) is 0 Å². The highest BCUT2D eigenvalue weighted by atomic mass is 16.5. The van der Waals surface area contributed by atoms with Crippen molar-refractivity contribution in [2.75, 3.05) is 5.32 Å². The molecular formula is C24H20N2O8. The van der Waals surface area contributed by atoms with Gasteiger partial charge in [0.05, 0.1) is 23.3 Å². The van der Waals surface area contributed by atoms with E-state index in [4.69, 9.17) is 4.52 Å². The summed E-state index contributed by atoms with van der Waals surface area (Å²) in [6.45, 7) is 1.15. The normalized spacial score (nSPS) is 23.9. The minimum atomic E-state index is -1.11. The van der Waals surface area contributed by atoms with Crippen molar-refractivity contribution >= 4 is 34.7 Å². The zero-order chi connectivity index (χ0) is 24.3. The van der Waals surface area contributed by atoms with E-state index in [0.717, 1.165) is 6.92 Å². The molecule has 1 fully saturated rings. The molecule has 0 bridgehead atoms. The smallest absolute Gasteiger partial charge is 0.294 e. The highest BCUT2D eigenvalue weighted by molar-refractivity contribution is 6.22. The zero-order valence-corrected chi connectivity index (χ0v) is 18.0. The van der Waals surface area contributed by atoms with Crippen LogP contribution in [0.5, 0.6) is 5.75 Å². The van der Waals surface area contributed by atoms with E-state index in [-0.39, 0.29) is 41.1 Å². The molecule has 1 saturated carbocycles. The first-order valence-electron chi connectivity index (χ1n) is 10.7. The Bertz CT molecular complexity index is 1330. The highest BCUT2D eigenvalue weighted by Gasteiger charge is 2.50. The van der Waals surface area contributed by atoms with Crippen LogP contribution in [0.2, 0.25) is 0 Å². The van der Waals surface area contributed by atoms with E-state index in [1.54, 1.807) is 0 Å². The van der Waals surface area contributed by atoms with Gasteiger partial charge >= 0.3 is 0 Å². The van der Waals surface area contributed by atoms with E-state index in [1.807, 2.05) is 0 Å². The quantitative estimate of drug-likeness (QED) is 0.394. The summed E-state index contributed by atoms with van der Waals surface area (Å²) in [5.74, 6) is -5.75. The number of nitrogens with one attached hydrogen (secondary N) is 1. The first kappa shape index (κ1) is 21.6. The van der Waals surface area contributed by atoms with Crippen molar-refractivity contribution in [2.45, 2.75) is 26.2 Å². The molecule has 10 nitrogen and oxygen atoms in total. The van der Waals surface area contributed by atoms with Crippen molar-refractivity contribution < 1.29 is 39.0 Å². The summed E-state index contributed by atoms with van der Waals surface area (Å²) in [4.78, 5) is 50.2. The molecule has 5 rings (SSSR count). The molecule has 3 unspecified atom stereocenters. The van der Waals surface area contributed by atoms with Crippen LogP contribution in [0, 0.1) is 17.8 Å².